The average molecular weight is 333 g/mol. The number of phenols is 1. The van der Waals surface area contributed by atoms with E-state index in [1.54, 1.807) is 12.1 Å². The van der Waals surface area contributed by atoms with Gasteiger partial charge in [0, 0.05) is 18.0 Å². The van der Waals surface area contributed by atoms with E-state index in [9.17, 15) is 20.1 Å². The summed E-state index contributed by atoms with van der Waals surface area (Å²) in [7, 11) is 1.90. The molecule has 4 rings (SSSR count). The number of likely N-dealkylation sites (N-methyl/N-ethyl adjacent to an activating group) is 1. The quantitative estimate of drug-likeness (QED) is 0.640. The largest absolute Gasteiger partial charge is 0.504 e. The minimum Gasteiger partial charge on any atom is -0.504 e. The van der Waals surface area contributed by atoms with Gasteiger partial charge in [0.2, 0.25) is 0 Å². The van der Waals surface area contributed by atoms with Gasteiger partial charge in [0.05, 0.1) is 11.5 Å². The second kappa shape index (κ2) is 4.71. The van der Waals surface area contributed by atoms with Crippen LogP contribution in [0.1, 0.15) is 30.9 Å². The number of nitrogens with zero attached hydrogens (tertiary/aromatic N) is 1. The van der Waals surface area contributed by atoms with E-state index in [1.165, 1.54) is 0 Å². The normalized spacial score (nSPS) is 41.4. The second-order valence-electron chi connectivity index (χ2n) is 7.49. The number of fused-ring (bicyclic) bond motifs is 1. The maximum Gasteiger partial charge on any atom is 0.177 e. The predicted octanol–water partition coefficient (Wildman–Crippen LogP) is 0.488. The number of hydrogen-bond acceptors (Lipinski definition) is 6. The Morgan fingerprint density at radius 1 is 1.38 bits per heavy atom. The number of aromatic hydroxyl groups is 1. The van der Waals surface area contributed by atoms with E-state index in [0.717, 1.165) is 5.56 Å². The average Bonchev–Trinajstić information content (AvgIpc) is 2.90. The Labute approximate surface area is 140 Å². The summed E-state index contributed by atoms with van der Waals surface area (Å²) in [6, 6.07) is 2.96. The number of aliphatic hydroxyl groups is 2. The van der Waals surface area contributed by atoms with E-state index in [0.29, 0.717) is 18.5 Å². The Kier molecular flexibility index (Phi) is 3.12. The molecule has 1 aromatic rings. The minimum absolute atomic E-state index is 0.0319. The number of carbonyl (C=O) groups is 1. The number of carbonyl (C=O) groups excluding carboxylic acids is 1. The van der Waals surface area contributed by atoms with Crippen molar-refractivity contribution in [1.29, 1.82) is 0 Å². The lowest BCUT2D eigenvalue weighted by molar-refractivity contribution is -0.219. The zero-order chi connectivity index (χ0) is 17.4. The fourth-order valence-electron chi connectivity index (χ4n) is 5.18. The van der Waals surface area contributed by atoms with Gasteiger partial charge in [-0.15, -0.1) is 0 Å². The highest BCUT2D eigenvalue weighted by molar-refractivity contribution is 5.90. The first-order valence-corrected chi connectivity index (χ1v) is 8.38. The number of rotatable bonds is 0. The Morgan fingerprint density at radius 2 is 2.08 bits per heavy atom. The molecule has 6 nitrogen and oxygen atoms in total. The molecule has 3 N–H and O–H groups in total. The van der Waals surface area contributed by atoms with Crippen LogP contribution in [0.5, 0.6) is 11.5 Å². The SMILES string of the molecule is Cc1ccc(O)c2c1[C@]13CCN(C)[C@H](C)C1(O)[C@@H](O)CC(=O)[C@@H]3O2. The summed E-state index contributed by atoms with van der Waals surface area (Å²) in [4.78, 5) is 14.7. The summed E-state index contributed by atoms with van der Waals surface area (Å²) in [5.74, 6) is 0.0205. The fraction of sp³-hybridized carbons (Fsp3) is 0.611. The van der Waals surface area contributed by atoms with Crippen molar-refractivity contribution in [3.8, 4) is 11.5 Å². The molecule has 0 amide bonds. The van der Waals surface area contributed by atoms with E-state index in [2.05, 4.69) is 0 Å². The predicted molar refractivity (Wildman–Crippen MR) is 86.2 cm³/mol. The third kappa shape index (κ3) is 1.54. The van der Waals surface area contributed by atoms with Gasteiger partial charge in [-0.1, -0.05) is 6.07 Å². The molecule has 130 valence electrons. The lowest BCUT2D eigenvalue weighted by atomic mass is 9.51. The molecule has 1 spiro atoms. The van der Waals surface area contributed by atoms with Crippen LogP contribution in [0.3, 0.4) is 0 Å². The zero-order valence-corrected chi connectivity index (χ0v) is 14.1. The maximum atomic E-state index is 12.7. The number of phenolic OH excluding ortho intramolecular Hbond substituents is 1. The Bertz CT molecular complexity index is 734. The van der Waals surface area contributed by atoms with Crippen LogP contribution in [0.15, 0.2) is 12.1 Å². The minimum atomic E-state index is -1.53. The van der Waals surface area contributed by atoms with Gasteiger partial charge in [-0.2, -0.15) is 0 Å². The molecule has 5 atom stereocenters. The molecule has 3 aliphatic rings. The molecular formula is C18H23NO5. The van der Waals surface area contributed by atoms with Gasteiger partial charge in [0.15, 0.2) is 23.4 Å². The third-order valence-electron chi connectivity index (χ3n) is 6.54. The van der Waals surface area contributed by atoms with Crippen LogP contribution < -0.4 is 4.74 Å². The second-order valence-corrected chi connectivity index (χ2v) is 7.49. The Balaban J connectivity index is 2.05. The molecule has 1 unspecified atom stereocenters. The summed E-state index contributed by atoms with van der Waals surface area (Å²) >= 11 is 0. The van der Waals surface area contributed by atoms with Gasteiger partial charge in [-0.05, 0) is 45.5 Å². The van der Waals surface area contributed by atoms with Gasteiger partial charge in [-0.3, -0.25) is 4.79 Å². The van der Waals surface area contributed by atoms with Crippen molar-refractivity contribution in [2.24, 2.45) is 0 Å². The van der Waals surface area contributed by atoms with Crippen LogP contribution in [0.4, 0.5) is 0 Å². The Morgan fingerprint density at radius 3 is 2.79 bits per heavy atom. The molecule has 0 bridgehead atoms. The van der Waals surface area contributed by atoms with E-state index < -0.39 is 23.2 Å². The summed E-state index contributed by atoms with van der Waals surface area (Å²) < 4.78 is 5.90. The van der Waals surface area contributed by atoms with Crippen LogP contribution in [0.25, 0.3) is 0 Å². The number of aliphatic hydroxyl groups excluding tert-OH is 1. The molecule has 2 heterocycles. The van der Waals surface area contributed by atoms with Crippen LogP contribution >= 0.6 is 0 Å². The number of benzene rings is 1. The van der Waals surface area contributed by atoms with Crippen molar-refractivity contribution in [3.63, 3.8) is 0 Å². The summed E-state index contributed by atoms with van der Waals surface area (Å²) in [5.41, 5.74) is -1.04. The van der Waals surface area contributed by atoms with E-state index in [1.807, 2.05) is 25.8 Å². The van der Waals surface area contributed by atoms with Gasteiger partial charge < -0.3 is 25.0 Å². The first-order valence-electron chi connectivity index (χ1n) is 8.38. The molecule has 1 saturated heterocycles. The lowest BCUT2D eigenvalue weighted by Gasteiger charge is -2.60. The Hall–Kier alpha value is -1.63. The van der Waals surface area contributed by atoms with Crippen molar-refractivity contribution >= 4 is 5.78 Å². The van der Waals surface area contributed by atoms with Crippen molar-refractivity contribution in [1.82, 2.24) is 4.90 Å². The number of ketones is 1. The summed E-state index contributed by atoms with van der Waals surface area (Å²) in [6.07, 6.45) is -1.70. The van der Waals surface area contributed by atoms with Crippen LogP contribution in [0, 0.1) is 6.92 Å². The summed E-state index contributed by atoms with van der Waals surface area (Å²) in [5, 5.41) is 32.7. The number of ether oxygens (including phenoxy) is 1. The molecule has 2 fully saturated rings. The molecule has 24 heavy (non-hydrogen) atoms. The highest BCUT2D eigenvalue weighted by Gasteiger charge is 2.73. The topological polar surface area (TPSA) is 90.2 Å². The first kappa shape index (κ1) is 15.9. The van der Waals surface area contributed by atoms with Gasteiger partial charge in [0.1, 0.15) is 5.60 Å². The number of hydrogen-bond donors (Lipinski definition) is 3. The molecular weight excluding hydrogens is 310 g/mol. The van der Waals surface area contributed by atoms with E-state index >= 15 is 0 Å². The molecule has 2 aliphatic heterocycles. The fourth-order valence-corrected chi connectivity index (χ4v) is 5.18. The third-order valence-corrected chi connectivity index (χ3v) is 6.54. The van der Waals surface area contributed by atoms with Crippen molar-refractivity contribution < 1.29 is 24.9 Å². The monoisotopic (exact) mass is 333 g/mol. The molecule has 1 aromatic carbocycles. The number of Topliss-reactive ketones (excluding diaryl/α,β-unsaturated/α-hetero) is 1. The standard InChI is InChI=1S/C18H23NO5/c1-9-4-5-11(20)15-14(9)17-6-7-19(3)10(2)18(17,23)13(22)8-12(21)16(17)24-15/h4-5,10,13,16,20,22-23H,6-8H2,1-3H3/t10-,13+,16+,17+,18?/m1/s1. The van der Waals surface area contributed by atoms with Crippen molar-refractivity contribution in [2.45, 2.75) is 56.0 Å². The smallest absolute Gasteiger partial charge is 0.177 e. The highest BCUT2D eigenvalue weighted by atomic mass is 16.5. The van der Waals surface area contributed by atoms with Crippen molar-refractivity contribution in [2.75, 3.05) is 13.6 Å². The van der Waals surface area contributed by atoms with Crippen molar-refractivity contribution in [3.05, 3.63) is 23.3 Å². The molecule has 1 aliphatic carbocycles. The number of piperidine rings is 1. The van der Waals surface area contributed by atoms with Gasteiger partial charge in [-0.25, -0.2) is 0 Å². The molecule has 1 saturated carbocycles. The summed E-state index contributed by atoms with van der Waals surface area (Å²) in [6.45, 7) is 4.42. The van der Waals surface area contributed by atoms with E-state index in [4.69, 9.17) is 4.74 Å². The van der Waals surface area contributed by atoms with E-state index in [-0.39, 0.29) is 29.7 Å². The molecule has 0 aromatic heterocycles. The van der Waals surface area contributed by atoms with Crippen LogP contribution in [-0.2, 0) is 10.2 Å². The van der Waals surface area contributed by atoms with Crippen LogP contribution in [-0.4, -0.2) is 63.4 Å². The number of likely N-dealkylation sites (tertiary alicyclic amines) is 1. The van der Waals surface area contributed by atoms with Gasteiger partial charge in [0.25, 0.3) is 0 Å². The number of aryl methyl sites for hydroxylation is 1. The zero-order valence-electron chi connectivity index (χ0n) is 14.1. The molecule has 0 radical (unpaired) electrons. The maximum absolute atomic E-state index is 12.7. The highest BCUT2D eigenvalue weighted by Crippen LogP contribution is 2.61. The lowest BCUT2D eigenvalue weighted by Crippen LogP contribution is -2.78. The van der Waals surface area contributed by atoms with Gasteiger partial charge >= 0.3 is 0 Å². The molecule has 6 heteroatoms. The first-order chi connectivity index (χ1) is 11.2. The van der Waals surface area contributed by atoms with Crippen LogP contribution in [0.2, 0.25) is 0 Å².